The van der Waals surface area contributed by atoms with Crippen LogP contribution in [0.5, 0.6) is 0 Å². The molecule has 604 valence electrons. The first-order valence-corrected chi connectivity index (χ1v) is 39.0. The molecule has 0 unspecified atom stereocenters. The van der Waals surface area contributed by atoms with Crippen molar-refractivity contribution in [3.8, 4) is 0 Å². The van der Waals surface area contributed by atoms with Crippen molar-refractivity contribution in [2.45, 2.75) is 274 Å². The quantitative estimate of drug-likeness (QED) is 0.0306. The Morgan fingerprint density at radius 3 is 1.32 bits per heavy atom. The highest BCUT2D eigenvalue weighted by Crippen LogP contribution is 2.66. The summed E-state index contributed by atoms with van der Waals surface area (Å²) >= 11 is 0. The molecule has 6 N–H and O–H groups in total. The van der Waals surface area contributed by atoms with Gasteiger partial charge in [-0.15, -0.1) is 13.2 Å². The number of amides is 11. The topological polar surface area (TPSA) is 364 Å². The molecule has 0 spiro atoms. The van der Waals surface area contributed by atoms with Crippen molar-refractivity contribution in [2.75, 3.05) is 65.7 Å². The van der Waals surface area contributed by atoms with E-state index in [2.05, 4.69) is 77.7 Å². The summed E-state index contributed by atoms with van der Waals surface area (Å²) in [7, 11) is 0. The molecule has 8 aliphatic rings. The number of nitrogens with zero attached hydrogens (tertiary/aromatic N) is 5. The molecule has 6 heterocycles. The van der Waals surface area contributed by atoms with Crippen LogP contribution in [0.3, 0.4) is 0 Å². The van der Waals surface area contributed by atoms with Gasteiger partial charge in [-0.05, 0) is 103 Å². The minimum Gasteiger partial charge on any atom is -0.444 e. The van der Waals surface area contributed by atoms with Crippen molar-refractivity contribution in [1.29, 1.82) is 0 Å². The van der Waals surface area contributed by atoms with Crippen LogP contribution >= 0.6 is 0 Å². The summed E-state index contributed by atoms with van der Waals surface area (Å²) in [6.07, 6.45) is 13.8. The van der Waals surface area contributed by atoms with Crippen molar-refractivity contribution < 1.29 is 81.3 Å². The number of Topliss-reactive ketones (excluding diaryl/α,β-unsaturated/α-hetero) is 2. The first-order valence-electron chi connectivity index (χ1n) is 39.0. The molecule has 6 aliphatic heterocycles. The molecular formula is C80H127N11O17. The number of hydrogen-bond donors (Lipinski definition) is 6. The van der Waals surface area contributed by atoms with Crippen molar-refractivity contribution >= 4 is 82.8 Å². The summed E-state index contributed by atoms with van der Waals surface area (Å²) < 4.78 is 17.3. The van der Waals surface area contributed by atoms with E-state index in [-0.39, 0.29) is 127 Å². The number of fused-ring (bicyclic) bond motifs is 6. The van der Waals surface area contributed by atoms with E-state index in [0.717, 1.165) is 51.4 Å². The maximum absolute atomic E-state index is 14.6. The minimum absolute atomic E-state index is 0.0494. The fourth-order valence-corrected chi connectivity index (χ4v) is 15.9. The van der Waals surface area contributed by atoms with E-state index in [4.69, 9.17) is 14.2 Å². The fraction of sp³-hybridized carbons (Fsp3) is 0.775. The van der Waals surface area contributed by atoms with E-state index >= 15 is 0 Å². The monoisotopic (exact) mass is 1510 g/mol. The number of likely N-dealkylation sites (tertiary alicyclic amines) is 2. The Balaban J connectivity index is 0.000000276. The van der Waals surface area contributed by atoms with Crippen molar-refractivity contribution in [1.82, 2.24) is 51.5 Å². The molecule has 0 bridgehead atoms. The predicted molar refractivity (Wildman–Crippen MR) is 404 cm³/mol. The highest BCUT2D eigenvalue weighted by atomic mass is 16.6. The van der Waals surface area contributed by atoms with E-state index in [1.54, 1.807) is 25.7 Å². The van der Waals surface area contributed by atoms with Gasteiger partial charge in [-0.2, -0.15) is 0 Å². The van der Waals surface area contributed by atoms with Crippen LogP contribution in [-0.2, 0) is 76.5 Å². The lowest BCUT2D eigenvalue weighted by atomic mass is 9.80. The lowest BCUT2D eigenvalue weighted by Gasteiger charge is -2.41. The third-order valence-corrected chi connectivity index (χ3v) is 22.6. The smallest absolute Gasteiger partial charge is 0.408 e. The zero-order chi connectivity index (χ0) is 80.8. The molecule has 8 fully saturated rings. The number of ketones is 2. The molecule has 0 aromatic rings. The average Bonchev–Trinajstić information content (AvgIpc) is 1.53. The summed E-state index contributed by atoms with van der Waals surface area (Å²) in [4.78, 5) is 191. The first-order chi connectivity index (χ1) is 50.2. The van der Waals surface area contributed by atoms with Gasteiger partial charge in [0.2, 0.25) is 64.9 Å². The number of aliphatic imine (C=N–C) groups is 1. The average molecular weight is 1510 g/mol. The van der Waals surface area contributed by atoms with E-state index in [9.17, 15) is 67.1 Å². The Morgan fingerprint density at radius 2 is 0.944 bits per heavy atom. The minimum atomic E-state index is -1.04. The summed E-state index contributed by atoms with van der Waals surface area (Å²) in [6, 6.07) is -6.41. The van der Waals surface area contributed by atoms with Gasteiger partial charge in [0.05, 0.1) is 37.9 Å². The highest BCUT2D eigenvalue weighted by molar-refractivity contribution is 6.39. The molecule has 28 nitrogen and oxygen atoms in total. The van der Waals surface area contributed by atoms with Crippen LogP contribution in [0, 0.1) is 56.2 Å². The molecule has 28 heteroatoms. The Kier molecular flexibility index (Phi) is 31.0. The van der Waals surface area contributed by atoms with Crippen LogP contribution in [0.2, 0.25) is 0 Å². The summed E-state index contributed by atoms with van der Waals surface area (Å²) in [5, 5.41) is 16.9. The molecule has 11 amide bonds. The number of alkyl carbamates (subject to hydrolysis) is 1. The van der Waals surface area contributed by atoms with Gasteiger partial charge in [0.1, 0.15) is 29.8 Å². The second kappa shape index (κ2) is 37.4. The fourth-order valence-electron chi connectivity index (χ4n) is 15.9. The number of imide groups is 2. The maximum atomic E-state index is 14.6. The van der Waals surface area contributed by atoms with Gasteiger partial charge in [-0.25, -0.2) is 14.6 Å². The number of rotatable bonds is 16. The van der Waals surface area contributed by atoms with Crippen molar-refractivity contribution in [3.05, 3.63) is 25.3 Å². The summed E-state index contributed by atoms with van der Waals surface area (Å²) in [5.41, 5.74) is -2.52. The Bertz CT molecular complexity index is 3330. The molecular weight excluding hydrogens is 1390 g/mol. The second-order valence-electron chi connectivity index (χ2n) is 36.7. The van der Waals surface area contributed by atoms with Gasteiger partial charge >= 0.3 is 6.09 Å². The largest absolute Gasteiger partial charge is 0.444 e. The number of piperidine rings is 4. The van der Waals surface area contributed by atoms with Crippen molar-refractivity contribution in [2.24, 2.45) is 61.2 Å². The van der Waals surface area contributed by atoms with Crippen LogP contribution in [0.25, 0.3) is 0 Å². The Labute approximate surface area is 639 Å². The van der Waals surface area contributed by atoms with Gasteiger partial charge in [0.15, 0.2) is 0 Å². The van der Waals surface area contributed by atoms with Crippen LogP contribution < -0.4 is 31.9 Å². The number of ether oxygens (including phenoxy) is 3. The van der Waals surface area contributed by atoms with Gasteiger partial charge in [-0.1, -0.05) is 160 Å². The van der Waals surface area contributed by atoms with Crippen LogP contribution in [0.15, 0.2) is 30.3 Å². The Hall–Kier alpha value is -7.55. The lowest BCUT2D eigenvalue weighted by Crippen LogP contribution is -2.62. The normalized spacial score (nSPS) is 28.2. The molecule has 2 aliphatic carbocycles. The molecule has 108 heavy (non-hydrogen) atoms. The standard InChI is InChI=1S/C37H59N5O7.C29H46N4O7.C14H22N2O3/c1-9-16-38-33(47)31(45)24-15-13-11-10-12-14-17-49-22-25(34(48)42-20-23-29(37(23,7)8)30(42)32(46)40-24)39-26(35(2,3)4)21-41-27(43)18-36(5,6)19-28(41)44;1-7-14-30-25(36)23(34)19-13-11-9-8-10-12-15-39-17-20(32-27(38)40-28(2,3)4)26(37)33-16-18-21(29(18,5)6)22(33)24(35)31-19;1-13(2,3)10(15-9-17)8-16-11(18)6-14(4,5)7-12(16)19/h9,23-26,29-30,39H,1,10-22H2,2-8H3,(H,38,47)(H,40,46);7,18-22H,1,8-17H2,2-6H3,(H,30,36)(H,31,35)(H,32,38);10H,6-8H2,1-5H3/t23-,24-,25-,26+,29-,30-;18-,19-,20-,21-,22-;10-/m001/s1. The van der Waals surface area contributed by atoms with E-state index in [1.807, 2.05) is 69.2 Å². The lowest BCUT2D eigenvalue weighted by molar-refractivity contribution is -0.155. The predicted octanol–water partition coefficient (Wildman–Crippen LogP) is 6.75. The van der Waals surface area contributed by atoms with Gasteiger partial charge in [0.25, 0.3) is 11.8 Å². The third kappa shape index (κ3) is 24.2. The molecule has 0 aromatic carbocycles. The Morgan fingerprint density at radius 1 is 0.565 bits per heavy atom. The van der Waals surface area contributed by atoms with Crippen LogP contribution in [0.4, 0.5) is 4.79 Å². The zero-order valence-electron chi connectivity index (χ0n) is 67.6. The molecule has 2 saturated carbocycles. The second-order valence-corrected chi connectivity index (χ2v) is 36.7. The summed E-state index contributed by atoms with van der Waals surface area (Å²) in [5.74, 6) is -5.42. The molecule has 8 rings (SSSR count). The SMILES string of the molecule is C=CCNC(=O)C(=O)[C@@H]1CCCCCCCOC[C@H](NC(=O)OC(C)(C)C)C(=O)N2C[C@H]3[C@@H]([C@H]2C(=O)N1)C3(C)C.C=CCNC(=O)C(=O)[C@@H]1CCCCCCCOC[C@H](N[C@H](CN2C(=O)CC(C)(C)CC2=O)C(C)(C)C)C(=O)N2C[C@H]3[C@@H]([C@H]2C(=O)N1)C3(C)C.CC1(C)CC(=O)N(C[C@@H](N=C=O)C(C)(C)C)C(=O)C1. The summed E-state index contributed by atoms with van der Waals surface area (Å²) in [6.45, 7) is 42.2. The first kappa shape index (κ1) is 89.3. The maximum Gasteiger partial charge on any atom is 0.408 e. The van der Waals surface area contributed by atoms with Crippen LogP contribution in [0.1, 0.15) is 220 Å². The van der Waals surface area contributed by atoms with Gasteiger partial charge in [-0.3, -0.25) is 72.7 Å². The molecule has 0 radical (unpaired) electrons. The zero-order valence-corrected chi connectivity index (χ0v) is 67.6. The van der Waals surface area contributed by atoms with Gasteiger partial charge in [0, 0.05) is 77.7 Å². The number of hydrogen-bond acceptors (Lipinski definition) is 19. The number of isocyanates is 1. The van der Waals surface area contributed by atoms with Crippen LogP contribution in [-0.4, -0.2) is 222 Å². The van der Waals surface area contributed by atoms with E-state index < -0.39 is 112 Å². The highest BCUT2D eigenvalue weighted by Gasteiger charge is 2.71. The number of carbonyl (C=O) groups is 13. The van der Waals surface area contributed by atoms with Crippen molar-refractivity contribution in [3.63, 3.8) is 0 Å². The molecule has 0 aromatic heterocycles. The van der Waals surface area contributed by atoms with E-state index in [1.165, 1.54) is 32.9 Å². The van der Waals surface area contributed by atoms with Gasteiger partial charge < -0.3 is 50.6 Å². The van der Waals surface area contributed by atoms with E-state index in [0.29, 0.717) is 64.8 Å². The molecule has 12 atom stereocenters. The third-order valence-electron chi connectivity index (χ3n) is 22.6. The number of carbonyl (C=O) groups excluding carboxylic acids is 14. The molecule has 6 saturated heterocycles. The number of nitrogens with one attached hydrogen (secondary N) is 6.